The number of allylic oxidation sites excluding steroid dienone is 3. The van der Waals surface area contributed by atoms with E-state index in [-0.39, 0.29) is 18.8 Å². The third-order valence-corrected chi connectivity index (χ3v) is 2.16. The summed E-state index contributed by atoms with van der Waals surface area (Å²) in [4.78, 5) is 9.60. The van der Waals surface area contributed by atoms with Crippen LogP contribution < -0.4 is 0 Å². The van der Waals surface area contributed by atoms with Gasteiger partial charge in [-0.25, -0.2) is 4.79 Å². The highest BCUT2D eigenvalue weighted by Crippen LogP contribution is 2.00. The Morgan fingerprint density at radius 1 is 1.25 bits per heavy atom. The number of aliphatic carboxylic acids is 1. The molecule has 1 aromatic rings. The van der Waals surface area contributed by atoms with E-state index in [1.54, 1.807) is 6.08 Å². The quantitative estimate of drug-likeness (QED) is 0.370. The number of nitriles is 1. The van der Waals surface area contributed by atoms with Crippen LogP contribution in [-0.2, 0) is 4.79 Å². The van der Waals surface area contributed by atoms with Crippen LogP contribution in [0.3, 0.4) is 0 Å². The van der Waals surface area contributed by atoms with Crippen LogP contribution in [0.5, 0.6) is 0 Å². The number of nitrogens with zero attached hydrogens (tertiary/aromatic N) is 1. The van der Waals surface area contributed by atoms with Crippen LogP contribution in [0.2, 0.25) is 0 Å². The first-order valence-electron chi connectivity index (χ1n) is 6.95. The number of hydrogen-bond acceptors (Lipinski definition) is 5. The lowest BCUT2D eigenvalue weighted by atomic mass is 10.2. The van der Waals surface area contributed by atoms with Gasteiger partial charge >= 0.3 is 5.97 Å². The van der Waals surface area contributed by atoms with Gasteiger partial charge in [0.1, 0.15) is 6.10 Å². The SMILES string of the molecule is C=C(C)C(=O)O.N#CC=CC=Cc1ccccc1.OCC(O)CO. The van der Waals surface area contributed by atoms with Gasteiger partial charge in [0.05, 0.1) is 19.3 Å². The minimum absolute atomic E-state index is 0.176. The summed E-state index contributed by atoms with van der Waals surface area (Å²) in [6, 6.07) is 11.9. The predicted octanol–water partition coefficient (Wildman–Crippen LogP) is 1.76. The summed E-state index contributed by atoms with van der Waals surface area (Å²) in [6.07, 6.45) is 6.00. The van der Waals surface area contributed by atoms with Crippen LogP contribution >= 0.6 is 0 Å². The maximum atomic E-state index is 9.60. The Morgan fingerprint density at radius 2 is 1.75 bits per heavy atom. The van der Waals surface area contributed by atoms with E-state index >= 15 is 0 Å². The Morgan fingerprint density at radius 3 is 2.08 bits per heavy atom. The molecule has 0 amide bonds. The molecule has 4 N–H and O–H groups in total. The highest BCUT2D eigenvalue weighted by Gasteiger charge is 1.93. The molecule has 0 aromatic heterocycles. The number of aliphatic hydroxyl groups is 3. The molecule has 0 unspecified atom stereocenters. The summed E-state index contributed by atoms with van der Waals surface area (Å²) in [5, 5.41) is 40.1. The summed E-state index contributed by atoms with van der Waals surface area (Å²) in [5.41, 5.74) is 1.31. The molecular weight excluding hydrogens is 310 g/mol. The van der Waals surface area contributed by atoms with Crippen molar-refractivity contribution in [3.63, 3.8) is 0 Å². The zero-order chi connectivity index (χ0) is 18.8. The van der Waals surface area contributed by atoms with Crippen LogP contribution in [0.4, 0.5) is 0 Å². The average Bonchev–Trinajstić information content (AvgIpc) is 2.60. The summed E-state index contributed by atoms with van der Waals surface area (Å²) < 4.78 is 0. The molecule has 0 heterocycles. The molecule has 0 radical (unpaired) electrons. The van der Waals surface area contributed by atoms with Gasteiger partial charge in [-0.1, -0.05) is 55.1 Å². The second-order valence-corrected chi connectivity index (χ2v) is 4.36. The zero-order valence-corrected chi connectivity index (χ0v) is 13.5. The normalized spacial score (nSPS) is 9.67. The summed E-state index contributed by atoms with van der Waals surface area (Å²) in [5.74, 6) is -0.935. The van der Waals surface area contributed by atoms with E-state index in [2.05, 4.69) is 6.58 Å². The number of aliphatic hydroxyl groups excluding tert-OH is 3. The van der Waals surface area contributed by atoms with Crippen molar-refractivity contribution in [2.45, 2.75) is 13.0 Å². The van der Waals surface area contributed by atoms with Crippen LogP contribution in [-0.4, -0.2) is 45.7 Å². The Bertz CT molecular complexity index is 543. The fourth-order valence-electron chi connectivity index (χ4n) is 0.887. The number of carboxylic acids is 1. The summed E-state index contributed by atoms with van der Waals surface area (Å²) >= 11 is 0. The molecule has 1 rings (SSSR count). The first-order valence-corrected chi connectivity index (χ1v) is 6.95. The molecule has 0 spiro atoms. The van der Waals surface area contributed by atoms with E-state index < -0.39 is 12.1 Å². The largest absolute Gasteiger partial charge is 0.478 e. The maximum Gasteiger partial charge on any atom is 0.330 e. The number of carbonyl (C=O) groups is 1. The topological polar surface area (TPSA) is 122 Å². The second-order valence-electron chi connectivity index (χ2n) is 4.36. The van der Waals surface area contributed by atoms with Crippen molar-refractivity contribution in [1.82, 2.24) is 0 Å². The number of carboxylic acid groups (broad SMARTS) is 1. The number of rotatable bonds is 5. The third kappa shape index (κ3) is 17.3. The standard InChI is InChI=1S/C11H9N.C4H6O2.C3H8O3/c12-10-6-2-5-9-11-7-3-1-4-8-11;1-3(2)4(5)6;4-1-3(6)2-5/h1-9H;1H2,2H3,(H,5,6);3-6H,1-2H2. The molecule has 0 aliphatic heterocycles. The lowest BCUT2D eigenvalue weighted by molar-refractivity contribution is -0.132. The van der Waals surface area contributed by atoms with E-state index in [0.29, 0.717) is 0 Å². The molecule has 6 heteroatoms. The van der Waals surface area contributed by atoms with Gasteiger partial charge in [-0.15, -0.1) is 0 Å². The van der Waals surface area contributed by atoms with Crippen LogP contribution in [0, 0.1) is 11.3 Å². The van der Waals surface area contributed by atoms with Gasteiger partial charge in [-0.05, 0) is 12.5 Å². The van der Waals surface area contributed by atoms with Crippen molar-refractivity contribution >= 4 is 12.0 Å². The van der Waals surface area contributed by atoms with Gasteiger partial charge in [0, 0.05) is 11.6 Å². The van der Waals surface area contributed by atoms with E-state index in [9.17, 15) is 4.79 Å². The molecule has 0 aliphatic rings. The Balaban J connectivity index is 0. The molecule has 0 bridgehead atoms. The van der Waals surface area contributed by atoms with Crippen LogP contribution in [0.1, 0.15) is 12.5 Å². The third-order valence-electron chi connectivity index (χ3n) is 2.16. The van der Waals surface area contributed by atoms with Gasteiger partial charge in [0.15, 0.2) is 0 Å². The summed E-state index contributed by atoms with van der Waals surface area (Å²) in [6.45, 7) is 3.87. The average molecular weight is 333 g/mol. The van der Waals surface area contributed by atoms with E-state index in [1.165, 1.54) is 13.0 Å². The first-order chi connectivity index (χ1) is 11.4. The van der Waals surface area contributed by atoms with Crippen LogP contribution in [0.15, 0.2) is 60.7 Å². The molecule has 0 atom stereocenters. The monoisotopic (exact) mass is 333 g/mol. The molecule has 6 nitrogen and oxygen atoms in total. The van der Waals surface area contributed by atoms with Gasteiger partial charge in [0.2, 0.25) is 0 Å². The van der Waals surface area contributed by atoms with Crippen molar-refractivity contribution in [3.05, 3.63) is 66.3 Å². The fourth-order valence-corrected chi connectivity index (χ4v) is 0.887. The van der Waals surface area contributed by atoms with Gasteiger partial charge in [-0.3, -0.25) is 0 Å². The molecular formula is C18H23NO5. The van der Waals surface area contributed by atoms with Crippen molar-refractivity contribution < 1.29 is 25.2 Å². The molecule has 0 saturated carbocycles. The highest BCUT2D eigenvalue weighted by molar-refractivity contribution is 5.84. The zero-order valence-electron chi connectivity index (χ0n) is 13.5. The molecule has 0 fully saturated rings. The van der Waals surface area contributed by atoms with Gasteiger partial charge in [0.25, 0.3) is 0 Å². The van der Waals surface area contributed by atoms with Crippen LogP contribution in [0.25, 0.3) is 6.08 Å². The van der Waals surface area contributed by atoms with Gasteiger partial charge in [-0.2, -0.15) is 5.26 Å². The number of benzene rings is 1. The van der Waals surface area contributed by atoms with E-state index in [0.717, 1.165) is 5.56 Å². The summed E-state index contributed by atoms with van der Waals surface area (Å²) in [7, 11) is 0. The Kier molecular flexibility index (Phi) is 16.3. The fraction of sp³-hybridized carbons (Fsp3) is 0.222. The Labute approximate surface area is 141 Å². The van der Waals surface area contributed by atoms with E-state index in [1.807, 2.05) is 48.6 Å². The molecule has 1 aromatic carbocycles. The molecule has 0 aliphatic carbocycles. The second kappa shape index (κ2) is 16.6. The van der Waals surface area contributed by atoms with Crippen molar-refractivity contribution in [2.24, 2.45) is 0 Å². The Hall–Kier alpha value is -2.72. The highest BCUT2D eigenvalue weighted by atomic mass is 16.4. The molecule has 0 saturated heterocycles. The van der Waals surface area contributed by atoms with Crippen molar-refractivity contribution in [1.29, 1.82) is 5.26 Å². The smallest absolute Gasteiger partial charge is 0.330 e. The number of hydrogen-bond donors (Lipinski definition) is 4. The van der Waals surface area contributed by atoms with Crippen molar-refractivity contribution in [2.75, 3.05) is 13.2 Å². The minimum atomic E-state index is -0.954. The lowest BCUT2D eigenvalue weighted by Crippen LogP contribution is -2.15. The van der Waals surface area contributed by atoms with Gasteiger partial charge < -0.3 is 20.4 Å². The molecule has 24 heavy (non-hydrogen) atoms. The molecule has 130 valence electrons. The van der Waals surface area contributed by atoms with Crippen molar-refractivity contribution in [3.8, 4) is 6.07 Å². The van der Waals surface area contributed by atoms with E-state index in [4.69, 9.17) is 25.7 Å². The maximum absolute atomic E-state index is 9.60. The minimum Gasteiger partial charge on any atom is -0.478 e. The predicted molar refractivity (Wildman–Crippen MR) is 92.9 cm³/mol. The lowest BCUT2D eigenvalue weighted by Gasteiger charge is -1.96. The first kappa shape index (κ1) is 23.5.